The number of hydrogen-bond acceptors (Lipinski definition) is 3. The average molecular weight is 244 g/mol. The summed E-state index contributed by atoms with van der Waals surface area (Å²) < 4.78 is 0. The molecule has 0 aromatic rings. The van der Waals surface area contributed by atoms with Crippen molar-refractivity contribution in [1.82, 2.24) is 0 Å². The van der Waals surface area contributed by atoms with E-state index in [0.29, 0.717) is 0 Å². The molecule has 3 N–H and O–H groups in total. The molecule has 0 bridgehead atoms. The summed E-state index contributed by atoms with van der Waals surface area (Å²) in [7, 11) is 0. The first kappa shape index (κ1) is 22.7. The molecule has 7 heteroatoms. The van der Waals surface area contributed by atoms with Gasteiger partial charge in [0.1, 0.15) is 0 Å². The second kappa shape index (κ2) is 17.1. The summed E-state index contributed by atoms with van der Waals surface area (Å²) in [5.74, 6) is -2.50. The third-order valence-electron chi connectivity index (χ3n) is 0. The number of aliphatic carboxylic acids is 3. The van der Waals surface area contributed by atoms with E-state index in [1.54, 1.807) is 0 Å². The molecule has 0 saturated heterocycles. The van der Waals surface area contributed by atoms with E-state index in [0.717, 1.165) is 20.8 Å². The Balaban J connectivity index is -0.0000000450. The van der Waals surface area contributed by atoms with Crippen LogP contribution < -0.4 is 0 Å². The van der Waals surface area contributed by atoms with Gasteiger partial charge in [-0.1, -0.05) is 0 Å². The zero-order valence-electron chi connectivity index (χ0n) is 7.37. The van der Waals surface area contributed by atoms with Crippen molar-refractivity contribution >= 4 is 17.9 Å². The van der Waals surface area contributed by atoms with Gasteiger partial charge < -0.3 is 15.3 Å². The fraction of sp³-hybridized carbons (Fsp3) is 0.500. The molecular weight excluding hydrogens is 232 g/mol. The van der Waals surface area contributed by atoms with Gasteiger partial charge in [-0.25, -0.2) is 0 Å². The SMILES string of the molecule is CC(=O)O.CC(=O)O.CC(=O)O.[Cu]. The second-order valence-electron chi connectivity index (χ2n) is 1.56. The van der Waals surface area contributed by atoms with Crippen LogP contribution in [0.15, 0.2) is 0 Å². The summed E-state index contributed by atoms with van der Waals surface area (Å²) in [5.41, 5.74) is 0. The molecule has 0 aromatic carbocycles. The van der Waals surface area contributed by atoms with Crippen molar-refractivity contribution in [3.8, 4) is 0 Å². The first-order valence-corrected chi connectivity index (χ1v) is 2.78. The molecule has 0 aliphatic heterocycles. The second-order valence-corrected chi connectivity index (χ2v) is 1.56. The van der Waals surface area contributed by atoms with Gasteiger partial charge in [0.2, 0.25) is 0 Å². The number of hydrogen-bond donors (Lipinski definition) is 3. The Bertz CT molecular complexity index is 115. The first-order valence-electron chi connectivity index (χ1n) is 2.78. The molecule has 0 heterocycles. The van der Waals surface area contributed by atoms with E-state index >= 15 is 0 Å². The van der Waals surface area contributed by atoms with E-state index in [-0.39, 0.29) is 17.1 Å². The molecule has 0 fully saturated rings. The summed E-state index contributed by atoms with van der Waals surface area (Å²) in [6, 6.07) is 0. The van der Waals surface area contributed by atoms with Crippen LogP contribution in [0, 0.1) is 0 Å². The zero-order chi connectivity index (χ0) is 10.7. The molecule has 0 aliphatic carbocycles. The van der Waals surface area contributed by atoms with E-state index in [1.807, 2.05) is 0 Å². The third kappa shape index (κ3) is 760. The van der Waals surface area contributed by atoms with Gasteiger partial charge in [-0.2, -0.15) is 0 Å². The molecule has 0 atom stereocenters. The molecule has 0 rings (SSSR count). The third-order valence-corrected chi connectivity index (χ3v) is 0. The van der Waals surface area contributed by atoms with Crippen molar-refractivity contribution in [3.63, 3.8) is 0 Å². The predicted octanol–water partition coefficient (Wildman–Crippen LogP) is 0.270. The number of carbonyl (C=O) groups is 3. The van der Waals surface area contributed by atoms with E-state index in [2.05, 4.69) is 0 Å². The molecule has 13 heavy (non-hydrogen) atoms. The summed E-state index contributed by atoms with van der Waals surface area (Å²) in [6.07, 6.45) is 0. The molecule has 0 spiro atoms. The molecule has 1 radical (unpaired) electrons. The maximum Gasteiger partial charge on any atom is 0.300 e. The molecule has 0 unspecified atom stereocenters. The molecule has 83 valence electrons. The quantitative estimate of drug-likeness (QED) is 0.527. The minimum atomic E-state index is -0.833. The Kier molecular flexibility index (Phi) is 29.9. The van der Waals surface area contributed by atoms with Crippen molar-refractivity contribution in [2.24, 2.45) is 0 Å². The van der Waals surface area contributed by atoms with Crippen LogP contribution in [-0.2, 0) is 31.5 Å². The van der Waals surface area contributed by atoms with E-state index in [4.69, 9.17) is 29.7 Å². The van der Waals surface area contributed by atoms with Crippen molar-refractivity contribution in [2.75, 3.05) is 0 Å². The molecule has 0 saturated carbocycles. The summed E-state index contributed by atoms with van der Waals surface area (Å²) in [5, 5.41) is 22.2. The number of carboxylic acid groups (broad SMARTS) is 3. The van der Waals surface area contributed by atoms with E-state index < -0.39 is 17.9 Å². The van der Waals surface area contributed by atoms with Crippen molar-refractivity contribution in [2.45, 2.75) is 20.8 Å². The fourth-order valence-corrected chi connectivity index (χ4v) is 0. The van der Waals surface area contributed by atoms with Crippen LogP contribution in [0.1, 0.15) is 20.8 Å². The van der Waals surface area contributed by atoms with Gasteiger partial charge in [0.15, 0.2) is 0 Å². The van der Waals surface area contributed by atoms with Gasteiger partial charge >= 0.3 is 0 Å². The summed E-state index contributed by atoms with van der Waals surface area (Å²) >= 11 is 0. The molecule has 0 aromatic heterocycles. The number of carboxylic acids is 3. The largest absolute Gasteiger partial charge is 0.481 e. The fourth-order valence-electron chi connectivity index (χ4n) is 0. The van der Waals surface area contributed by atoms with Crippen LogP contribution in [0.2, 0.25) is 0 Å². The standard InChI is InChI=1S/3C2H4O2.Cu/c3*1-2(3)4;/h3*1H3,(H,3,4);. The summed E-state index contributed by atoms with van der Waals surface area (Å²) in [6.45, 7) is 3.25. The van der Waals surface area contributed by atoms with Gasteiger partial charge in [0.05, 0.1) is 0 Å². The minimum absolute atomic E-state index is 0. The Morgan fingerprint density at radius 2 is 0.692 bits per heavy atom. The maximum atomic E-state index is 9.00. The van der Waals surface area contributed by atoms with Crippen LogP contribution >= 0.6 is 0 Å². The zero-order valence-corrected chi connectivity index (χ0v) is 8.31. The van der Waals surface area contributed by atoms with Gasteiger partial charge in [0.25, 0.3) is 17.9 Å². The van der Waals surface area contributed by atoms with E-state index in [9.17, 15) is 0 Å². The van der Waals surface area contributed by atoms with Crippen molar-refractivity contribution < 1.29 is 46.8 Å². The Morgan fingerprint density at radius 3 is 0.692 bits per heavy atom. The van der Waals surface area contributed by atoms with Crippen molar-refractivity contribution in [1.29, 1.82) is 0 Å². The van der Waals surface area contributed by atoms with Crippen LogP contribution in [0.5, 0.6) is 0 Å². The minimum Gasteiger partial charge on any atom is -0.481 e. The van der Waals surface area contributed by atoms with Gasteiger partial charge in [-0.05, 0) is 0 Å². The van der Waals surface area contributed by atoms with Gasteiger partial charge in [-0.15, -0.1) is 0 Å². The first-order chi connectivity index (χ1) is 5.20. The van der Waals surface area contributed by atoms with Crippen LogP contribution in [0.3, 0.4) is 0 Å². The Morgan fingerprint density at radius 1 is 0.692 bits per heavy atom. The topological polar surface area (TPSA) is 112 Å². The van der Waals surface area contributed by atoms with Crippen LogP contribution in [-0.4, -0.2) is 33.2 Å². The summed E-state index contributed by atoms with van der Waals surface area (Å²) in [4.78, 5) is 27.0. The predicted molar refractivity (Wildman–Crippen MR) is 39.9 cm³/mol. The Hall–Kier alpha value is -1.07. The van der Waals surface area contributed by atoms with Gasteiger partial charge in [-0.3, -0.25) is 14.4 Å². The molecule has 6 nitrogen and oxygen atoms in total. The van der Waals surface area contributed by atoms with Crippen molar-refractivity contribution in [3.05, 3.63) is 0 Å². The molecule has 0 amide bonds. The monoisotopic (exact) mass is 243 g/mol. The Labute approximate surface area is 86.0 Å². The molecule has 0 aliphatic rings. The average Bonchev–Trinajstić information content (AvgIpc) is 1.54. The van der Waals surface area contributed by atoms with Crippen LogP contribution in [0.25, 0.3) is 0 Å². The normalized spacial score (nSPS) is 5.77. The maximum absolute atomic E-state index is 9.00. The van der Waals surface area contributed by atoms with Crippen LogP contribution in [0.4, 0.5) is 0 Å². The molecular formula is C6H12CuO6. The number of rotatable bonds is 0. The van der Waals surface area contributed by atoms with Gasteiger partial charge in [0, 0.05) is 37.8 Å². The van der Waals surface area contributed by atoms with E-state index in [1.165, 1.54) is 0 Å². The smallest absolute Gasteiger partial charge is 0.300 e.